The highest BCUT2D eigenvalue weighted by Crippen LogP contribution is 2.55. The van der Waals surface area contributed by atoms with Crippen molar-refractivity contribution < 1.29 is 19.4 Å². The molecule has 0 spiro atoms. The van der Waals surface area contributed by atoms with Crippen molar-refractivity contribution in [1.82, 2.24) is 0 Å². The lowest BCUT2D eigenvalue weighted by atomic mass is 9.61. The number of hydrogen-bond acceptors (Lipinski definition) is 4. The van der Waals surface area contributed by atoms with Crippen LogP contribution in [0.25, 0.3) is 10.8 Å². The van der Waals surface area contributed by atoms with Crippen LogP contribution in [0.3, 0.4) is 0 Å². The number of hydrogen-bond donors (Lipinski definition) is 1. The number of ether oxygens (including phenoxy) is 1. The number of carbonyl (C=O) groups excluding carboxylic acids is 2. The Labute approximate surface area is 169 Å². The highest BCUT2D eigenvalue weighted by Gasteiger charge is 2.64. The van der Waals surface area contributed by atoms with E-state index < -0.39 is 22.6 Å². The summed E-state index contributed by atoms with van der Waals surface area (Å²) in [6.07, 6.45) is 0. The summed E-state index contributed by atoms with van der Waals surface area (Å²) >= 11 is 0. The summed E-state index contributed by atoms with van der Waals surface area (Å²) in [6, 6.07) is 22.4. The molecule has 4 nitrogen and oxygen atoms in total. The number of carbonyl (C=O) groups is 2. The Hall–Kier alpha value is -3.40. The number of ketones is 1. The highest BCUT2D eigenvalue weighted by molar-refractivity contribution is 6.16. The second-order valence-corrected chi connectivity index (χ2v) is 7.82. The Morgan fingerprint density at radius 3 is 2.21 bits per heavy atom. The van der Waals surface area contributed by atoms with E-state index in [-0.39, 0.29) is 5.76 Å². The van der Waals surface area contributed by atoms with Crippen molar-refractivity contribution >= 4 is 22.5 Å². The van der Waals surface area contributed by atoms with Gasteiger partial charge in [-0.2, -0.15) is 0 Å². The number of aliphatic hydroxyl groups is 1. The molecular weight excluding hydrogens is 364 g/mol. The summed E-state index contributed by atoms with van der Waals surface area (Å²) < 4.78 is 5.58. The lowest BCUT2D eigenvalue weighted by molar-refractivity contribution is -0.153. The summed E-state index contributed by atoms with van der Waals surface area (Å²) in [7, 11) is 0. The number of allylic oxidation sites excluding steroid dienone is 2. The molecule has 1 aliphatic rings. The average molecular weight is 386 g/mol. The van der Waals surface area contributed by atoms with E-state index in [1.165, 1.54) is 0 Å². The third-order valence-electron chi connectivity index (χ3n) is 6.46. The molecule has 1 N–H and O–H groups in total. The number of fused-ring (bicyclic) bond motifs is 1. The van der Waals surface area contributed by atoms with Crippen molar-refractivity contribution in [2.75, 3.05) is 0 Å². The molecule has 0 saturated heterocycles. The van der Waals surface area contributed by atoms with Crippen LogP contribution < -0.4 is 4.74 Å². The van der Waals surface area contributed by atoms with Gasteiger partial charge in [-0.1, -0.05) is 67.6 Å². The van der Waals surface area contributed by atoms with E-state index >= 15 is 0 Å². The Morgan fingerprint density at radius 2 is 1.52 bits per heavy atom. The number of rotatable bonds is 3. The largest absolute Gasteiger partial charge is 0.504 e. The zero-order valence-corrected chi connectivity index (χ0v) is 16.6. The van der Waals surface area contributed by atoms with Crippen molar-refractivity contribution in [1.29, 1.82) is 0 Å². The van der Waals surface area contributed by atoms with Gasteiger partial charge in [-0.05, 0) is 47.9 Å². The van der Waals surface area contributed by atoms with Gasteiger partial charge in [0, 0.05) is 5.41 Å². The topological polar surface area (TPSA) is 63.6 Å². The average Bonchev–Trinajstić information content (AvgIpc) is 2.88. The summed E-state index contributed by atoms with van der Waals surface area (Å²) in [5.41, 5.74) is -1.41. The molecule has 0 radical (unpaired) electrons. The molecule has 29 heavy (non-hydrogen) atoms. The van der Waals surface area contributed by atoms with E-state index in [9.17, 15) is 14.7 Å². The first-order valence-corrected chi connectivity index (χ1v) is 9.52. The number of aliphatic hydroxyl groups excluding tert-OH is 1. The number of para-hydroxylation sites is 1. The molecule has 0 aromatic heterocycles. The summed E-state index contributed by atoms with van der Waals surface area (Å²) in [5, 5.41) is 12.6. The van der Waals surface area contributed by atoms with Crippen LogP contribution in [0.15, 0.2) is 84.1 Å². The molecule has 4 rings (SSSR count). The smallest absolute Gasteiger partial charge is 0.326 e. The zero-order chi connectivity index (χ0) is 20.8. The number of Topliss-reactive ketones (excluding diaryl/α,β-unsaturated/α-hetero) is 1. The Bertz CT molecular complexity index is 1160. The maximum atomic E-state index is 13.3. The van der Waals surface area contributed by atoms with Crippen LogP contribution in [-0.2, 0) is 15.0 Å². The lowest BCUT2D eigenvalue weighted by Crippen LogP contribution is -2.51. The molecule has 3 aromatic carbocycles. The molecule has 0 heterocycles. The second-order valence-electron chi connectivity index (χ2n) is 7.82. The predicted molar refractivity (Wildman–Crippen MR) is 112 cm³/mol. The van der Waals surface area contributed by atoms with Crippen molar-refractivity contribution in [3.63, 3.8) is 0 Å². The molecule has 2 atom stereocenters. The van der Waals surface area contributed by atoms with Crippen molar-refractivity contribution in [2.45, 2.75) is 26.2 Å². The Morgan fingerprint density at radius 1 is 0.897 bits per heavy atom. The molecule has 0 unspecified atom stereocenters. The van der Waals surface area contributed by atoms with Crippen molar-refractivity contribution in [2.24, 2.45) is 5.41 Å². The van der Waals surface area contributed by atoms with Crippen LogP contribution in [0.1, 0.15) is 26.3 Å². The second kappa shape index (κ2) is 6.59. The first-order chi connectivity index (χ1) is 13.8. The SMILES string of the molecule is CC1=C(O)C(=O)[C@@](C)(C(=O)Oc2ccccc2)[C@@]1(C)c1ccc2ccccc2c1. The molecule has 1 aliphatic carbocycles. The van der Waals surface area contributed by atoms with Gasteiger partial charge >= 0.3 is 5.97 Å². The molecule has 0 aliphatic heterocycles. The molecule has 3 aromatic rings. The molecule has 0 amide bonds. The van der Waals surface area contributed by atoms with E-state index in [4.69, 9.17) is 4.74 Å². The zero-order valence-electron chi connectivity index (χ0n) is 16.6. The van der Waals surface area contributed by atoms with Crippen LogP contribution in [0.2, 0.25) is 0 Å². The monoisotopic (exact) mass is 386 g/mol. The lowest BCUT2D eigenvalue weighted by Gasteiger charge is -2.39. The third kappa shape index (κ3) is 2.59. The van der Waals surface area contributed by atoms with Gasteiger partial charge in [0.1, 0.15) is 11.2 Å². The molecule has 0 bridgehead atoms. The van der Waals surface area contributed by atoms with Crippen LogP contribution >= 0.6 is 0 Å². The highest BCUT2D eigenvalue weighted by atomic mass is 16.5. The summed E-state index contributed by atoms with van der Waals surface area (Å²) in [5.74, 6) is -1.32. The van der Waals surface area contributed by atoms with E-state index in [0.29, 0.717) is 11.3 Å². The van der Waals surface area contributed by atoms with Crippen molar-refractivity contribution in [3.05, 3.63) is 89.7 Å². The molecule has 0 saturated carbocycles. The molecular formula is C25H22O4. The summed E-state index contributed by atoms with van der Waals surface area (Å²) in [6.45, 7) is 5.08. The fourth-order valence-corrected chi connectivity index (χ4v) is 4.25. The van der Waals surface area contributed by atoms with Crippen molar-refractivity contribution in [3.8, 4) is 5.75 Å². The number of benzene rings is 3. The van der Waals surface area contributed by atoms with Gasteiger partial charge in [0.2, 0.25) is 5.78 Å². The van der Waals surface area contributed by atoms with Crippen LogP contribution in [-0.4, -0.2) is 16.9 Å². The fraction of sp³-hybridized carbons (Fsp3) is 0.200. The van der Waals surface area contributed by atoms with Crippen LogP contribution in [0.5, 0.6) is 5.75 Å². The van der Waals surface area contributed by atoms with Gasteiger partial charge in [0.25, 0.3) is 0 Å². The predicted octanol–water partition coefficient (Wildman–Crippen LogP) is 5.12. The van der Waals surface area contributed by atoms with E-state index in [2.05, 4.69) is 0 Å². The van der Waals surface area contributed by atoms with Crippen LogP contribution in [0, 0.1) is 5.41 Å². The van der Waals surface area contributed by atoms with Gasteiger partial charge in [-0.15, -0.1) is 0 Å². The maximum Gasteiger partial charge on any atom is 0.326 e. The van der Waals surface area contributed by atoms with Gasteiger partial charge in [0.05, 0.1) is 0 Å². The quantitative estimate of drug-likeness (QED) is 0.385. The van der Waals surface area contributed by atoms with E-state index in [1.54, 1.807) is 38.1 Å². The van der Waals surface area contributed by atoms with Gasteiger partial charge in [0.15, 0.2) is 5.76 Å². The minimum Gasteiger partial charge on any atom is -0.504 e. The Kier molecular flexibility index (Phi) is 4.30. The first kappa shape index (κ1) is 18.9. The maximum absolute atomic E-state index is 13.3. The van der Waals surface area contributed by atoms with Crippen LogP contribution in [0.4, 0.5) is 0 Å². The van der Waals surface area contributed by atoms with E-state index in [1.807, 2.05) is 55.5 Å². The Balaban J connectivity index is 1.87. The van der Waals surface area contributed by atoms with Gasteiger partial charge < -0.3 is 9.84 Å². The minimum atomic E-state index is -1.60. The third-order valence-corrected chi connectivity index (χ3v) is 6.46. The molecule has 146 valence electrons. The normalized spacial score (nSPS) is 24.2. The summed E-state index contributed by atoms with van der Waals surface area (Å²) in [4.78, 5) is 26.4. The minimum absolute atomic E-state index is 0.358. The van der Waals surface area contributed by atoms with Gasteiger partial charge in [-0.3, -0.25) is 9.59 Å². The first-order valence-electron chi connectivity index (χ1n) is 9.52. The van der Waals surface area contributed by atoms with E-state index in [0.717, 1.165) is 16.3 Å². The fourth-order valence-electron chi connectivity index (χ4n) is 4.25. The molecule has 0 fully saturated rings. The molecule has 4 heteroatoms. The number of esters is 1. The standard InChI is InChI=1S/C25H22O4/c1-16-21(26)22(27)25(3,23(28)29-20-11-5-4-6-12-20)24(16,2)19-14-13-17-9-7-8-10-18(17)15-19/h4-15,26H,1-3H3/t24-,25+/m1/s1. The van der Waals surface area contributed by atoms with Gasteiger partial charge in [-0.25, -0.2) is 0 Å².